The first-order chi connectivity index (χ1) is 12.7. The molecule has 27 heavy (non-hydrogen) atoms. The summed E-state index contributed by atoms with van der Waals surface area (Å²) in [5.41, 5.74) is 2.54. The van der Waals surface area contributed by atoms with Gasteiger partial charge in [0.1, 0.15) is 0 Å². The van der Waals surface area contributed by atoms with Crippen molar-refractivity contribution >= 4 is 29.9 Å². The minimum atomic E-state index is 0. The molecule has 1 saturated heterocycles. The fourth-order valence-corrected chi connectivity index (χ4v) is 3.36. The Kier molecular flexibility index (Phi) is 9.06. The molecule has 1 fully saturated rings. The van der Waals surface area contributed by atoms with Gasteiger partial charge in [-0.1, -0.05) is 24.3 Å². The number of nitrogens with zero attached hydrogens (tertiary/aromatic N) is 4. The number of halogens is 1. The molecule has 0 radical (unpaired) electrons. The molecule has 0 saturated carbocycles. The summed E-state index contributed by atoms with van der Waals surface area (Å²) in [6.07, 6.45) is 6.32. The van der Waals surface area contributed by atoms with E-state index in [-0.39, 0.29) is 24.0 Å². The van der Waals surface area contributed by atoms with E-state index in [2.05, 4.69) is 56.9 Å². The second-order valence-corrected chi connectivity index (χ2v) is 7.03. The van der Waals surface area contributed by atoms with Gasteiger partial charge in [0.2, 0.25) is 0 Å². The standard InChI is InChI=1S/C20H30N6.HI/c1-21-20(22-14-17-8-12-25(2)13-9-17)23-15-18-6-3-4-7-19(18)16-26-11-5-10-24-26;/h3-7,10-11,17H,8-9,12-16H2,1-2H3,(H2,21,22,23);1H. The molecule has 7 heteroatoms. The van der Waals surface area contributed by atoms with Crippen molar-refractivity contribution in [2.45, 2.75) is 25.9 Å². The van der Waals surface area contributed by atoms with Crippen molar-refractivity contribution in [3.05, 3.63) is 53.9 Å². The number of aliphatic imine (C=N–C) groups is 1. The quantitative estimate of drug-likeness (QED) is 0.378. The highest BCUT2D eigenvalue weighted by Crippen LogP contribution is 2.14. The van der Waals surface area contributed by atoms with Gasteiger partial charge in [-0.05, 0) is 56.1 Å². The molecule has 148 valence electrons. The molecule has 2 heterocycles. The first-order valence-corrected chi connectivity index (χ1v) is 9.42. The van der Waals surface area contributed by atoms with Crippen LogP contribution in [-0.2, 0) is 13.1 Å². The van der Waals surface area contributed by atoms with E-state index in [4.69, 9.17) is 0 Å². The highest BCUT2D eigenvalue weighted by Gasteiger charge is 2.16. The van der Waals surface area contributed by atoms with Gasteiger partial charge in [0.05, 0.1) is 6.54 Å². The van der Waals surface area contributed by atoms with Crippen LogP contribution in [0.2, 0.25) is 0 Å². The summed E-state index contributed by atoms with van der Waals surface area (Å²) in [5, 5.41) is 11.3. The lowest BCUT2D eigenvalue weighted by Gasteiger charge is -2.29. The van der Waals surface area contributed by atoms with Gasteiger partial charge in [0.25, 0.3) is 0 Å². The monoisotopic (exact) mass is 482 g/mol. The minimum absolute atomic E-state index is 0. The Morgan fingerprint density at radius 2 is 1.89 bits per heavy atom. The van der Waals surface area contributed by atoms with Gasteiger partial charge >= 0.3 is 0 Å². The second-order valence-electron chi connectivity index (χ2n) is 7.03. The van der Waals surface area contributed by atoms with Crippen LogP contribution in [0.5, 0.6) is 0 Å². The van der Waals surface area contributed by atoms with Crippen molar-refractivity contribution in [3.8, 4) is 0 Å². The Labute approximate surface area is 179 Å². The molecule has 0 aliphatic carbocycles. The summed E-state index contributed by atoms with van der Waals surface area (Å²) in [7, 11) is 4.03. The van der Waals surface area contributed by atoms with Crippen LogP contribution in [0, 0.1) is 5.92 Å². The summed E-state index contributed by atoms with van der Waals surface area (Å²) in [4.78, 5) is 6.78. The molecule has 0 unspecified atom stereocenters. The van der Waals surface area contributed by atoms with Crippen LogP contribution in [0.3, 0.4) is 0 Å². The topological polar surface area (TPSA) is 57.5 Å². The molecule has 3 rings (SSSR count). The zero-order valence-corrected chi connectivity index (χ0v) is 18.6. The van der Waals surface area contributed by atoms with E-state index in [1.165, 1.54) is 37.1 Å². The highest BCUT2D eigenvalue weighted by molar-refractivity contribution is 14.0. The Balaban J connectivity index is 0.00000261. The highest BCUT2D eigenvalue weighted by atomic mass is 127. The smallest absolute Gasteiger partial charge is 0.191 e. The Morgan fingerprint density at radius 1 is 1.15 bits per heavy atom. The van der Waals surface area contributed by atoms with Crippen molar-refractivity contribution in [1.82, 2.24) is 25.3 Å². The number of nitrogens with one attached hydrogen (secondary N) is 2. The number of guanidine groups is 1. The minimum Gasteiger partial charge on any atom is -0.356 e. The average molecular weight is 482 g/mol. The fraction of sp³-hybridized carbons (Fsp3) is 0.500. The van der Waals surface area contributed by atoms with E-state index >= 15 is 0 Å². The molecule has 0 spiro atoms. The van der Waals surface area contributed by atoms with Crippen LogP contribution in [0.25, 0.3) is 0 Å². The van der Waals surface area contributed by atoms with Crippen molar-refractivity contribution in [2.75, 3.05) is 33.7 Å². The number of hydrogen-bond donors (Lipinski definition) is 2. The van der Waals surface area contributed by atoms with Gasteiger partial charge in [-0.15, -0.1) is 24.0 Å². The lowest BCUT2D eigenvalue weighted by atomic mass is 9.97. The SMILES string of the molecule is CN=C(NCc1ccccc1Cn1cccn1)NCC1CCN(C)CC1.I. The number of hydrogen-bond acceptors (Lipinski definition) is 3. The van der Waals surface area contributed by atoms with Crippen molar-refractivity contribution in [2.24, 2.45) is 10.9 Å². The number of rotatable bonds is 6. The van der Waals surface area contributed by atoms with Gasteiger partial charge in [0, 0.05) is 32.5 Å². The van der Waals surface area contributed by atoms with Crippen LogP contribution in [0.4, 0.5) is 0 Å². The largest absolute Gasteiger partial charge is 0.356 e. The van der Waals surface area contributed by atoms with E-state index in [1.54, 1.807) is 0 Å². The molecular weight excluding hydrogens is 451 g/mol. The van der Waals surface area contributed by atoms with Crippen molar-refractivity contribution in [1.29, 1.82) is 0 Å². The lowest BCUT2D eigenvalue weighted by molar-refractivity contribution is 0.220. The molecule has 2 N–H and O–H groups in total. The Bertz CT molecular complexity index is 692. The Hall–Kier alpha value is -1.61. The van der Waals surface area contributed by atoms with Crippen LogP contribution in [0.15, 0.2) is 47.7 Å². The average Bonchev–Trinajstić information content (AvgIpc) is 3.17. The van der Waals surface area contributed by atoms with Crippen molar-refractivity contribution < 1.29 is 0 Å². The van der Waals surface area contributed by atoms with E-state index in [9.17, 15) is 0 Å². The zero-order valence-electron chi connectivity index (χ0n) is 16.3. The van der Waals surface area contributed by atoms with Crippen LogP contribution in [-0.4, -0.2) is 54.4 Å². The van der Waals surface area contributed by atoms with Gasteiger partial charge in [-0.25, -0.2) is 0 Å². The van der Waals surface area contributed by atoms with E-state index < -0.39 is 0 Å². The maximum atomic E-state index is 4.37. The molecule has 1 aliphatic rings. The fourth-order valence-electron chi connectivity index (χ4n) is 3.36. The van der Waals surface area contributed by atoms with Gasteiger partial charge in [-0.3, -0.25) is 9.67 Å². The second kappa shape index (κ2) is 11.3. The first-order valence-electron chi connectivity index (χ1n) is 9.42. The molecule has 6 nitrogen and oxygen atoms in total. The molecule has 2 aromatic rings. The van der Waals surface area contributed by atoms with Crippen LogP contribution >= 0.6 is 24.0 Å². The summed E-state index contributed by atoms with van der Waals surface area (Å²) in [6.45, 7) is 4.91. The molecular formula is C20H31IN6. The zero-order chi connectivity index (χ0) is 18.2. The van der Waals surface area contributed by atoms with E-state index in [0.29, 0.717) is 0 Å². The number of likely N-dealkylation sites (tertiary alicyclic amines) is 1. The third kappa shape index (κ3) is 6.80. The maximum Gasteiger partial charge on any atom is 0.191 e. The Morgan fingerprint density at radius 3 is 2.56 bits per heavy atom. The summed E-state index contributed by atoms with van der Waals surface area (Å²) < 4.78 is 1.95. The number of benzene rings is 1. The number of aromatic nitrogens is 2. The third-order valence-electron chi connectivity index (χ3n) is 5.08. The molecule has 1 aromatic heterocycles. The van der Waals surface area contributed by atoms with E-state index in [1.807, 2.05) is 30.2 Å². The first kappa shape index (κ1) is 21.7. The molecule has 0 bridgehead atoms. The normalized spacial score (nSPS) is 16.0. The van der Waals surface area contributed by atoms with Crippen molar-refractivity contribution in [3.63, 3.8) is 0 Å². The number of piperidine rings is 1. The summed E-state index contributed by atoms with van der Waals surface area (Å²) in [5.74, 6) is 1.61. The van der Waals surface area contributed by atoms with E-state index in [0.717, 1.165) is 31.5 Å². The lowest BCUT2D eigenvalue weighted by Crippen LogP contribution is -2.42. The summed E-state index contributed by atoms with van der Waals surface area (Å²) >= 11 is 0. The van der Waals surface area contributed by atoms with Gasteiger partial charge in [0.15, 0.2) is 5.96 Å². The van der Waals surface area contributed by atoms with Crippen LogP contribution < -0.4 is 10.6 Å². The van der Waals surface area contributed by atoms with Gasteiger partial charge < -0.3 is 15.5 Å². The summed E-state index contributed by atoms with van der Waals surface area (Å²) in [6, 6.07) is 10.4. The van der Waals surface area contributed by atoms with Crippen LogP contribution in [0.1, 0.15) is 24.0 Å². The molecule has 0 amide bonds. The molecule has 1 aromatic carbocycles. The predicted molar refractivity (Wildman–Crippen MR) is 122 cm³/mol. The predicted octanol–water partition coefficient (Wildman–Crippen LogP) is 2.56. The molecule has 1 aliphatic heterocycles. The third-order valence-corrected chi connectivity index (χ3v) is 5.08. The molecule has 0 atom stereocenters. The maximum absolute atomic E-state index is 4.37. The van der Waals surface area contributed by atoms with Gasteiger partial charge in [-0.2, -0.15) is 5.10 Å².